The smallest absolute Gasteiger partial charge is 0.243 e. The minimum atomic E-state index is -3.48. The lowest BCUT2D eigenvalue weighted by molar-refractivity contribution is 0.445. The van der Waals surface area contributed by atoms with Crippen LogP contribution in [0.15, 0.2) is 23.1 Å². The van der Waals surface area contributed by atoms with Crippen LogP contribution < -0.4 is 5.32 Å². The number of sulfonamides is 1. The fourth-order valence-electron chi connectivity index (χ4n) is 2.22. The van der Waals surface area contributed by atoms with E-state index < -0.39 is 10.0 Å². The van der Waals surface area contributed by atoms with Crippen molar-refractivity contribution >= 4 is 10.0 Å². The first-order chi connectivity index (χ1) is 9.09. The van der Waals surface area contributed by atoms with Gasteiger partial charge in [-0.3, -0.25) is 0 Å². The number of hydrogen-bond acceptors (Lipinski definition) is 3. The molecule has 4 nitrogen and oxygen atoms in total. The van der Waals surface area contributed by atoms with Crippen LogP contribution in [-0.4, -0.2) is 25.8 Å². The van der Waals surface area contributed by atoms with Crippen molar-refractivity contribution in [3.8, 4) is 12.3 Å². The summed E-state index contributed by atoms with van der Waals surface area (Å²) in [6.45, 7) is 4.03. The Balaban J connectivity index is 2.35. The van der Waals surface area contributed by atoms with Gasteiger partial charge in [0.25, 0.3) is 0 Å². The molecule has 0 radical (unpaired) electrons. The van der Waals surface area contributed by atoms with Gasteiger partial charge in [-0.2, -0.15) is 4.31 Å². The molecule has 0 unspecified atom stereocenters. The van der Waals surface area contributed by atoms with Gasteiger partial charge in [0.15, 0.2) is 0 Å². The SMILES string of the molecule is C#CCN(CCC)S(=O)(=O)c1ccc2c(c1)CNC2. The number of nitrogens with zero attached hydrogens (tertiary/aromatic N) is 1. The first-order valence-electron chi connectivity index (χ1n) is 6.35. The maximum absolute atomic E-state index is 12.5. The summed E-state index contributed by atoms with van der Waals surface area (Å²) in [5.41, 5.74) is 2.22. The molecule has 1 aromatic carbocycles. The molecule has 1 N–H and O–H groups in total. The standard InChI is InChI=1S/C14H18N2O2S/c1-3-7-16(8-4-2)19(17,18)14-6-5-12-10-15-11-13(12)9-14/h1,5-6,9,15H,4,7-8,10-11H2,2H3. The Morgan fingerprint density at radius 3 is 2.79 bits per heavy atom. The maximum Gasteiger partial charge on any atom is 0.243 e. The van der Waals surface area contributed by atoms with Crippen LogP contribution in [0.1, 0.15) is 24.5 Å². The number of terminal acetylenes is 1. The summed E-state index contributed by atoms with van der Waals surface area (Å²) in [5, 5.41) is 3.21. The van der Waals surface area contributed by atoms with Crippen LogP contribution in [0.4, 0.5) is 0 Å². The van der Waals surface area contributed by atoms with Crippen molar-refractivity contribution in [3.63, 3.8) is 0 Å². The average Bonchev–Trinajstić information content (AvgIpc) is 2.85. The van der Waals surface area contributed by atoms with E-state index in [4.69, 9.17) is 6.42 Å². The molecule has 1 aliphatic rings. The average molecular weight is 278 g/mol. The summed E-state index contributed by atoms with van der Waals surface area (Å²) in [5.74, 6) is 2.42. The van der Waals surface area contributed by atoms with Crippen LogP contribution in [0.2, 0.25) is 0 Å². The van der Waals surface area contributed by atoms with Gasteiger partial charge in [0.2, 0.25) is 10.0 Å². The molecule has 0 saturated heterocycles. The van der Waals surface area contributed by atoms with Crippen molar-refractivity contribution in [3.05, 3.63) is 29.3 Å². The van der Waals surface area contributed by atoms with Gasteiger partial charge >= 0.3 is 0 Å². The fourth-order valence-corrected chi connectivity index (χ4v) is 3.71. The lowest BCUT2D eigenvalue weighted by Gasteiger charge is -2.19. The molecule has 1 heterocycles. The van der Waals surface area contributed by atoms with E-state index in [-0.39, 0.29) is 6.54 Å². The van der Waals surface area contributed by atoms with Crippen LogP contribution >= 0.6 is 0 Å². The minimum Gasteiger partial charge on any atom is -0.309 e. The summed E-state index contributed by atoms with van der Waals surface area (Å²) in [6, 6.07) is 5.30. The molecular formula is C14H18N2O2S. The highest BCUT2D eigenvalue weighted by atomic mass is 32.2. The molecule has 0 fully saturated rings. The van der Waals surface area contributed by atoms with E-state index in [1.165, 1.54) is 4.31 Å². The monoisotopic (exact) mass is 278 g/mol. The zero-order valence-corrected chi connectivity index (χ0v) is 11.8. The Labute approximate surface area is 114 Å². The second kappa shape index (κ2) is 5.74. The summed E-state index contributed by atoms with van der Waals surface area (Å²) in [4.78, 5) is 0.332. The van der Waals surface area contributed by atoms with Gasteiger partial charge < -0.3 is 5.32 Å². The van der Waals surface area contributed by atoms with E-state index in [0.29, 0.717) is 11.4 Å². The topological polar surface area (TPSA) is 49.4 Å². The Morgan fingerprint density at radius 2 is 2.11 bits per heavy atom. The molecule has 102 valence electrons. The maximum atomic E-state index is 12.5. The largest absolute Gasteiger partial charge is 0.309 e. The molecule has 5 heteroatoms. The van der Waals surface area contributed by atoms with Gasteiger partial charge in [0.05, 0.1) is 11.4 Å². The van der Waals surface area contributed by atoms with Crippen molar-refractivity contribution in [2.24, 2.45) is 0 Å². The molecule has 0 aliphatic carbocycles. The predicted molar refractivity (Wildman–Crippen MR) is 74.9 cm³/mol. The Kier molecular flexibility index (Phi) is 4.25. The molecule has 0 bridgehead atoms. The van der Waals surface area contributed by atoms with Crippen LogP contribution in [-0.2, 0) is 23.1 Å². The number of fused-ring (bicyclic) bond motifs is 1. The zero-order chi connectivity index (χ0) is 13.9. The van der Waals surface area contributed by atoms with Crippen molar-refractivity contribution in [1.29, 1.82) is 0 Å². The normalized spacial score (nSPS) is 14.4. The van der Waals surface area contributed by atoms with E-state index in [1.807, 2.05) is 13.0 Å². The second-order valence-electron chi connectivity index (χ2n) is 4.58. The molecule has 1 aliphatic heterocycles. The van der Waals surface area contributed by atoms with Crippen molar-refractivity contribution in [1.82, 2.24) is 9.62 Å². The Morgan fingerprint density at radius 1 is 1.37 bits per heavy atom. The molecule has 0 atom stereocenters. The summed E-state index contributed by atoms with van der Waals surface area (Å²) < 4.78 is 26.4. The first-order valence-corrected chi connectivity index (χ1v) is 7.79. The molecule has 0 amide bonds. The van der Waals surface area contributed by atoms with Crippen LogP contribution in [0.3, 0.4) is 0 Å². The predicted octanol–water partition coefficient (Wildman–Crippen LogP) is 1.32. The Bertz CT molecular complexity index is 602. The minimum absolute atomic E-state index is 0.117. The molecule has 0 aromatic heterocycles. The fraction of sp³-hybridized carbons (Fsp3) is 0.429. The summed E-state index contributed by atoms with van der Waals surface area (Å²) in [6.07, 6.45) is 6.00. The number of nitrogens with one attached hydrogen (secondary N) is 1. The van der Waals surface area contributed by atoms with E-state index in [9.17, 15) is 8.42 Å². The summed E-state index contributed by atoms with van der Waals surface area (Å²) >= 11 is 0. The van der Waals surface area contributed by atoms with Crippen molar-refractivity contribution < 1.29 is 8.42 Å². The number of benzene rings is 1. The van der Waals surface area contributed by atoms with Gasteiger partial charge in [-0.1, -0.05) is 18.9 Å². The molecule has 2 rings (SSSR count). The Hall–Kier alpha value is -1.35. The van der Waals surface area contributed by atoms with Crippen LogP contribution in [0.5, 0.6) is 0 Å². The third-order valence-corrected chi connectivity index (χ3v) is 5.03. The highest BCUT2D eigenvalue weighted by Crippen LogP contribution is 2.22. The van der Waals surface area contributed by atoms with Crippen LogP contribution in [0.25, 0.3) is 0 Å². The van der Waals surface area contributed by atoms with Crippen molar-refractivity contribution in [2.45, 2.75) is 31.3 Å². The lowest BCUT2D eigenvalue weighted by atomic mass is 10.1. The molecule has 19 heavy (non-hydrogen) atoms. The van der Waals surface area contributed by atoms with E-state index in [2.05, 4.69) is 11.2 Å². The highest BCUT2D eigenvalue weighted by molar-refractivity contribution is 7.89. The molecule has 0 spiro atoms. The lowest BCUT2D eigenvalue weighted by Crippen LogP contribution is -2.32. The van der Waals surface area contributed by atoms with Gasteiger partial charge in [-0.15, -0.1) is 6.42 Å². The third kappa shape index (κ3) is 2.81. The second-order valence-corrected chi connectivity index (χ2v) is 6.51. The quantitative estimate of drug-likeness (QED) is 0.827. The van der Waals surface area contributed by atoms with Gasteiger partial charge in [-0.25, -0.2) is 8.42 Å². The molecule has 0 saturated carbocycles. The number of rotatable bonds is 5. The molecule has 1 aromatic rings. The first kappa shape index (κ1) is 14.1. The van der Waals surface area contributed by atoms with E-state index >= 15 is 0 Å². The number of hydrogen-bond donors (Lipinski definition) is 1. The third-order valence-electron chi connectivity index (χ3n) is 3.19. The van der Waals surface area contributed by atoms with Gasteiger partial charge in [-0.05, 0) is 29.7 Å². The zero-order valence-electron chi connectivity index (χ0n) is 11.0. The van der Waals surface area contributed by atoms with E-state index in [1.54, 1.807) is 12.1 Å². The van der Waals surface area contributed by atoms with Gasteiger partial charge in [0, 0.05) is 19.6 Å². The van der Waals surface area contributed by atoms with Crippen LogP contribution in [0, 0.1) is 12.3 Å². The van der Waals surface area contributed by atoms with E-state index in [0.717, 1.165) is 30.6 Å². The summed E-state index contributed by atoms with van der Waals surface area (Å²) in [7, 11) is -3.48. The highest BCUT2D eigenvalue weighted by Gasteiger charge is 2.24. The molecular weight excluding hydrogens is 260 g/mol. The van der Waals surface area contributed by atoms with Crippen molar-refractivity contribution in [2.75, 3.05) is 13.1 Å². The van der Waals surface area contributed by atoms with Gasteiger partial charge in [0.1, 0.15) is 0 Å².